The number of carbonyl (C=O) groups is 2. The van der Waals surface area contributed by atoms with E-state index in [1.54, 1.807) is 37.3 Å². The SMILES string of the molecule is Cc1cn(C)c(=O)c(NC(=O)NC(CC(=O)O)c2cc(-c3ccc(N)c(Cl)c3Cl)ccc2N)c1O. The van der Waals surface area contributed by atoms with Gasteiger partial charge in [-0.25, -0.2) is 4.79 Å². The molecular weight excluding hydrogens is 497 g/mol. The van der Waals surface area contributed by atoms with Crippen molar-refractivity contribution in [3.05, 3.63) is 68.1 Å². The number of hydrogen-bond acceptors (Lipinski definition) is 6. The standard InChI is InChI=1S/C23H23Cl2N5O5/c1-10-9-30(2)22(34)20(21(10)33)29-23(35)28-16(8-17(31)32)13-7-11(3-5-14(13)26)12-4-6-15(27)19(25)18(12)24/h3-7,9,16,33H,8,26-27H2,1-2H3,(H,31,32)(H2,28,29,35). The molecule has 0 aliphatic carbocycles. The molecule has 0 saturated carbocycles. The fraction of sp³-hybridized carbons (Fsp3) is 0.174. The van der Waals surface area contributed by atoms with Crippen molar-refractivity contribution in [2.45, 2.75) is 19.4 Å². The van der Waals surface area contributed by atoms with Gasteiger partial charge in [-0.1, -0.05) is 35.3 Å². The minimum absolute atomic E-state index is 0.168. The third-order valence-electron chi connectivity index (χ3n) is 5.34. The molecule has 8 N–H and O–H groups in total. The van der Waals surface area contributed by atoms with Crippen LogP contribution in [0.15, 0.2) is 41.3 Å². The van der Waals surface area contributed by atoms with Crippen molar-refractivity contribution in [1.29, 1.82) is 0 Å². The number of benzene rings is 2. The van der Waals surface area contributed by atoms with Crippen LogP contribution >= 0.6 is 23.2 Å². The quantitative estimate of drug-likeness (QED) is 0.268. The number of pyridine rings is 1. The van der Waals surface area contributed by atoms with Crippen molar-refractivity contribution >= 4 is 52.3 Å². The van der Waals surface area contributed by atoms with E-state index in [-0.39, 0.29) is 21.4 Å². The predicted octanol–water partition coefficient (Wildman–Crippen LogP) is 3.88. The van der Waals surface area contributed by atoms with E-state index < -0.39 is 35.8 Å². The second-order valence-electron chi connectivity index (χ2n) is 7.87. The number of aromatic nitrogens is 1. The summed E-state index contributed by atoms with van der Waals surface area (Å²) in [5, 5.41) is 24.8. The summed E-state index contributed by atoms with van der Waals surface area (Å²) in [6, 6.07) is 6.02. The van der Waals surface area contributed by atoms with Crippen LogP contribution < -0.4 is 27.7 Å². The van der Waals surface area contributed by atoms with Crippen LogP contribution in [0.5, 0.6) is 5.75 Å². The van der Waals surface area contributed by atoms with E-state index in [2.05, 4.69) is 10.6 Å². The molecule has 0 aliphatic rings. The van der Waals surface area contributed by atoms with Gasteiger partial charge in [0.05, 0.1) is 28.2 Å². The van der Waals surface area contributed by atoms with Gasteiger partial charge in [-0.3, -0.25) is 9.59 Å². The molecule has 0 fully saturated rings. The Hall–Kier alpha value is -3.89. The lowest BCUT2D eigenvalue weighted by Gasteiger charge is -2.21. The number of carboxylic acids is 1. The number of nitrogens with two attached hydrogens (primary N) is 2. The zero-order chi connectivity index (χ0) is 26.0. The Bertz CT molecular complexity index is 1390. The highest BCUT2D eigenvalue weighted by Crippen LogP contribution is 2.39. The highest BCUT2D eigenvalue weighted by molar-refractivity contribution is 6.45. The maximum atomic E-state index is 12.7. The van der Waals surface area contributed by atoms with Crippen LogP contribution in [0.2, 0.25) is 10.0 Å². The number of carbonyl (C=O) groups excluding carboxylic acids is 1. The third kappa shape index (κ3) is 5.44. The highest BCUT2D eigenvalue weighted by atomic mass is 35.5. The van der Waals surface area contributed by atoms with Crippen LogP contribution in [0.1, 0.15) is 23.6 Å². The highest BCUT2D eigenvalue weighted by Gasteiger charge is 2.23. The van der Waals surface area contributed by atoms with Crippen LogP contribution in [-0.2, 0) is 11.8 Å². The van der Waals surface area contributed by atoms with Crippen LogP contribution in [0, 0.1) is 6.92 Å². The molecule has 184 valence electrons. The molecule has 0 saturated heterocycles. The molecule has 1 aromatic heterocycles. The summed E-state index contributed by atoms with van der Waals surface area (Å²) in [7, 11) is 1.46. The molecule has 3 rings (SSSR count). The van der Waals surface area contributed by atoms with E-state index in [0.717, 1.165) is 0 Å². The molecule has 2 aromatic carbocycles. The molecule has 0 aliphatic heterocycles. The van der Waals surface area contributed by atoms with Crippen LogP contribution in [-0.4, -0.2) is 26.8 Å². The summed E-state index contributed by atoms with van der Waals surface area (Å²) in [4.78, 5) is 36.7. The molecule has 35 heavy (non-hydrogen) atoms. The maximum absolute atomic E-state index is 12.7. The predicted molar refractivity (Wildman–Crippen MR) is 136 cm³/mol. The van der Waals surface area contributed by atoms with Crippen LogP contribution in [0.4, 0.5) is 21.9 Å². The summed E-state index contributed by atoms with van der Waals surface area (Å²) in [5.41, 5.74) is 13.2. The second kappa shape index (κ2) is 10.2. The summed E-state index contributed by atoms with van der Waals surface area (Å²) in [5.74, 6) is -1.60. The zero-order valence-electron chi connectivity index (χ0n) is 18.7. The zero-order valence-corrected chi connectivity index (χ0v) is 20.2. The van der Waals surface area contributed by atoms with Gasteiger partial charge >= 0.3 is 12.0 Å². The molecule has 3 aromatic rings. The number of nitrogens with one attached hydrogen (secondary N) is 2. The molecule has 0 bridgehead atoms. The smallest absolute Gasteiger partial charge is 0.319 e. The number of hydrogen-bond donors (Lipinski definition) is 6. The number of rotatable bonds is 6. The monoisotopic (exact) mass is 519 g/mol. The maximum Gasteiger partial charge on any atom is 0.319 e. The molecule has 2 amide bonds. The Morgan fingerprint density at radius 1 is 1.11 bits per heavy atom. The Labute approximate surface area is 210 Å². The summed E-state index contributed by atoms with van der Waals surface area (Å²) < 4.78 is 1.20. The third-order valence-corrected chi connectivity index (χ3v) is 6.24. The molecular formula is C23H23Cl2N5O5. The topological polar surface area (TPSA) is 173 Å². The Kier molecular flexibility index (Phi) is 7.47. The lowest BCUT2D eigenvalue weighted by atomic mass is 9.96. The molecule has 12 heteroatoms. The Morgan fingerprint density at radius 2 is 1.77 bits per heavy atom. The van der Waals surface area contributed by atoms with Gasteiger partial charge in [-0.2, -0.15) is 0 Å². The molecule has 1 atom stereocenters. The summed E-state index contributed by atoms with van der Waals surface area (Å²) in [6.45, 7) is 1.56. The molecule has 1 unspecified atom stereocenters. The van der Waals surface area contributed by atoms with Crippen molar-refractivity contribution in [3.63, 3.8) is 0 Å². The lowest BCUT2D eigenvalue weighted by molar-refractivity contribution is -0.137. The number of aromatic hydroxyl groups is 1. The second-order valence-corrected chi connectivity index (χ2v) is 8.63. The first-order chi connectivity index (χ1) is 16.4. The van der Waals surface area contributed by atoms with E-state index in [1.807, 2.05) is 0 Å². The minimum Gasteiger partial charge on any atom is -0.505 e. The first-order valence-corrected chi connectivity index (χ1v) is 11.0. The Morgan fingerprint density at radius 3 is 2.43 bits per heavy atom. The Balaban J connectivity index is 1.98. The van der Waals surface area contributed by atoms with Crippen LogP contribution in [0.3, 0.4) is 0 Å². The fourth-order valence-electron chi connectivity index (χ4n) is 3.55. The van der Waals surface area contributed by atoms with E-state index in [9.17, 15) is 24.6 Å². The van der Waals surface area contributed by atoms with Gasteiger partial charge in [-0.15, -0.1) is 0 Å². The van der Waals surface area contributed by atoms with Crippen molar-refractivity contribution in [1.82, 2.24) is 9.88 Å². The minimum atomic E-state index is -1.21. The van der Waals surface area contributed by atoms with E-state index in [0.29, 0.717) is 27.9 Å². The average molecular weight is 520 g/mol. The number of amides is 2. The first-order valence-electron chi connectivity index (χ1n) is 10.2. The van der Waals surface area contributed by atoms with Gasteiger partial charge in [0, 0.05) is 30.1 Å². The number of nitrogens with zero attached hydrogens (tertiary/aromatic N) is 1. The number of carboxylic acid groups (broad SMARTS) is 1. The van der Waals surface area contributed by atoms with Crippen LogP contribution in [0.25, 0.3) is 11.1 Å². The van der Waals surface area contributed by atoms with E-state index in [1.165, 1.54) is 17.8 Å². The van der Waals surface area contributed by atoms with Gasteiger partial charge in [-0.05, 0) is 36.2 Å². The average Bonchev–Trinajstić information content (AvgIpc) is 2.79. The van der Waals surface area contributed by atoms with Crippen molar-refractivity contribution in [2.24, 2.45) is 7.05 Å². The van der Waals surface area contributed by atoms with Gasteiger partial charge in [0.25, 0.3) is 5.56 Å². The number of halogens is 2. The number of aryl methyl sites for hydroxylation is 2. The van der Waals surface area contributed by atoms with Crippen molar-refractivity contribution in [2.75, 3.05) is 16.8 Å². The number of anilines is 3. The number of nitrogen functional groups attached to an aromatic ring is 2. The molecule has 0 radical (unpaired) electrons. The number of urea groups is 1. The van der Waals surface area contributed by atoms with Gasteiger partial charge < -0.3 is 36.9 Å². The fourth-order valence-corrected chi connectivity index (χ4v) is 4.00. The summed E-state index contributed by atoms with van der Waals surface area (Å²) in [6.07, 6.45) is 0.893. The normalized spacial score (nSPS) is 11.7. The van der Waals surface area contributed by atoms with Crippen molar-refractivity contribution in [3.8, 4) is 16.9 Å². The van der Waals surface area contributed by atoms with E-state index in [4.69, 9.17) is 34.7 Å². The van der Waals surface area contributed by atoms with Crippen molar-refractivity contribution < 1.29 is 19.8 Å². The lowest BCUT2D eigenvalue weighted by Crippen LogP contribution is -2.36. The van der Waals surface area contributed by atoms with E-state index >= 15 is 0 Å². The first kappa shape index (κ1) is 25.7. The summed E-state index contributed by atoms with van der Waals surface area (Å²) >= 11 is 12.5. The van der Waals surface area contributed by atoms with Gasteiger partial charge in [0.15, 0.2) is 5.69 Å². The molecule has 10 nitrogen and oxygen atoms in total. The van der Waals surface area contributed by atoms with Gasteiger partial charge in [0.1, 0.15) is 5.75 Å². The van der Waals surface area contributed by atoms with Gasteiger partial charge in [0.2, 0.25) is 0 Å². The number of aliphatic carboxylic acids is 1. The molecule has 1 heterocycles. The molecule has 0 spiro atoms. The largest absolute Gasteiger partial charge is 0.505 e.